The van der Waals surface area contributed by atoms with E-state index in [1.165, 1.54) is 11.1 Å². The Morgan fingerprint density at radius 1 is 1.29 bits per heavy atom. The summed E-state index contributed by atoms with van der Waals surface area (Å²) in [5.41, 5.74) is 8.61. The zero-order chi connectivity index (χ0) is 12.7. The van der Waals surface area contributed by atoms with Gasteiger partial charge in [-0.15, -0.1) is 0 Å². The number of rotatable bonds is 7. The number of benzene rings is 1. The first kappa shape index (κ1) is 14.6. The van der Waals surface area contributed by atoms with Crippen molar-refractivity contribution in [2.45, 2.75) is 19.4 Å². The van der Waals surface area contributed by atoms with Crippen LogP contribution in [0.2, 0.25) is 0 Å². The predicted octanol–water partition coefficient (Wildman–Crippen LogP) is 2.54. The minimum atomic E-state index is 0.341. The van der Waals surface area contributed by atoms with Gasteiger partial charge in [-0.25, -0.2) is 0 Å². The van der Waals surface area contributed by atoms with Gasteiger partial charge in [0.1, 0.15) is 0 Å². The molecule has 96 valence electrons. The van der Waals surface area contributed by atoms with E-state index in [-0.39, 0.29) is 0 Å². The highest BCUT2D eigenvalue weighted by Crippen LogP contribution is 2.19. The second kappa shape index (κ2) is 7.75. The Hall–Kier alpha value is -0.510. The molecule has 1 unspecified atom stereocenters. The quantitative estimate of drug-likeness (QED) is 0.808. The normalized spacial score (nSPS) is 13.0. The number of likely N-dealkylation sites (N-methyl/N-ethyl adjacent to an activating group) is 1. The van der Waals surface area contributed by atoms with Gasteiger partial charge in [0.15, 0.2) is 0 Å². The van der Waals surface area contributed by atoms with Gasteiger partial charge in [0.25, 0.3) is 0 Å². The minimum absolute atomic E-state index is 0.341. The highest BCUT2D eigenvalue weighted by Gasteiger charge is 2.14. The maximum absolute atomic E-state index is 5.90. The van der Waals surface area contributed by atoms with Crippen LogP contribution >= 0.6 is 11.8 Å². The van der Waals surface area contributed by atoms with Crippen LogP contribution < -0.4 is 5.73 Å². The van der Waals surface area contributed by atoms with Crippen molar-refractivity contribution in [1.29, 1.82) is 0 Å². The van der Waals surface area contributed by atoms with E-state index < -0.39 is 0 Å². The van der Waals surface area contributed by atoms with Crippen LogP contribution in [0.3, 0.4) is 0 Å². The number of thioether (sulfide) groups is 1. The Morgan fingerprint density at radius 3 is 2.41 bits per heavy atom. The van der Waals surface area contributed by atoms with Crippen molar-refractivity contribution in [3.05, 3.63) is 35.4 Å². The molecule has 0 fully saturated rings. The fourth-order valence-corrected chi connectivity index (χ4v) is 2.41. The Labute approximate surface area is 110 Å². The van der Waals surface area contributed by atoms with Crippen molar-refractivity contribution >= 4 is 11.8 Å². The lowest BCUT2D eigenvalue weighted by atomic mass is 10.0. The molecule has 1 aromatic carbocycles. The fourth-order valence-electron chi connectivity index (χ4n) is 1.94. The number of nitrogens with two attached hydrogens (primary N) is 1. The second-order valence-electron chi connectivity index (χ2n) is 4.32. The predicted molar refractivity (Wildman–Crippen MR) is 78.6 cm³/mol. The molecule has 0 aliphatic rings. The summed E-state index contributed by atoms with van der Waals surface area (Å²) in [5, 5.41) is 0. The molecule has 1 aromatic rings. The Bertz CT molecular complexity index is 311. The first-order valence-electron chi connectivity index (χ1n) is 6.21. The molecule has 2 N–H and O–H groups in total. The van der Waals surface area contributed by atoms with Gasteiger partial charge >= 0.3 is 0 Å². The minimum Gasteiger partial charge on any atom is -0.329 e. The van der Waals surface area contributed by atoms with Crippen molar-refractivity contribution in [1.82, 2.24) is 4.90 Å². The molecule has 2 nitrogen and oxygen atoms in total. The maximum atomic E-state index is 5.90. The summed E-state index contributed by atoms with van der Waals surface area (Å²) in [4.78, 5) is 2.34. The molecule has 0 aliphatic heterocycles. The standard InChI is InChI=1S/C14H24N2S/c1-4-12-5-7-13(8-6-12)14(11-15)16(2)9-10-17-3/h5-8,14H,4,9-11,15H2,1-3H3. The summed E-state index contributed by atoms with van der Waals surface area (Å²) in [6.45, 7) is 3.94. The molecule has 0 spiro atoms. The van der Waals surface area contributed by atoms with Gasteiger partial charge < -0.3 is 5.73 Å². The lowest BCUT2D eigenvalue weighted by molar-refractivity contribution is 0.265. The average molecular weight is 252 g/mol. The lowest BCUT2D eigenvalue weighted by Gasteiger charge is -2.27. The molecular weight excluding hydrogens is 228 g/mol. The summed E-state index contributed by atoms with van der Waals surface area (Å²) in [7, 11) is 2.15. The van der Waals surface area contributed by atoms with Gasteiger partial charge in [-0.2, -0.15) is 11.8 Å². The number of hydrogen-bond donors (Lipinski definition) is 1. The molecule has 1 atom stereocenters. The SMILES string of the molecule is CCc1ccc(C(CN)N(C)CCSC)cc1. The molecule has 0 saturated heterocycles. The van der Waals surface area contributed by atoms with Crippen LogP contribution in [0.1, 0.15) is 24.1 Å². The highest BCUT2D eigenvalue weighted by atomic mass is 32.2. The van der Waals surface area contributed by atoms with Gasteiger partial charge in [-0.1, -0.05) is 31.2 Å². The zero-order valence-electron chi connectivity index (χ0n) is 11.1. The number of aryl methyl sites for hydroxylation is 1. The first-order valence-corrected chi connectivity index (χ1v) is 7.60. The van der Waals surface area contributed by atoms with E-state index in [1.54, 1.807) is 0 Å². The summed E-state index contributed by atoms with van der Waals surface area (Å²) in [6, 6.07) is 9.19. The van der Waals surface area contributed by atoms with Gasteiger partial charge in [0, 0.05) is 24.9 Å². The molecular formula is C14H24N2S. The molecule has 0 radical (unpaired) electrons. The summed E-state index contributed by atoms with van der Waals surface area (Å²) in [6.07, 6.45) is 3.23. The third-order valence-corrected chi connectivity index (χ3v) is 3.77. The van der Waals surface area contributed by atoms with E-state index in [2.05, 4.69) is 49.4 Å². The van der Waals surface area contributed by atoms with Gasteiger partial charge in [-0.05, 0) is 30.9 Å². The van der Waals surface area contributed by atoms with E-state index in [9.17, 15) is 0 Å². The first-order chi connectivity index (χ1) is 8.22. The maximum Gasteiger partial charge on any atom is 0.0467 e. The van der Waals surface area contributed by atoms with E-state index in [0.717, 1.165) is 18.7 Å². The van der Waals surface area contributed by atoms with E-state index in [1.807, 2.05) is 11.8 Å². The van der Waals surface area contributed by atoms with Crippen LogP contribution in [0.4, 0.5) is 0 Å². The largest absolute Gasteiger partial charge is 0.329 e. The third-order valence-electron chi connectivity index (χ3n) is 3.18. The van der Waals surface area contributed by atoms with E-state index in [4.69, 9.17) is 5.73 Å². The summed E-state index contributed by atoms with van der Waals surface area (Å²) < 4.78 is 0. The van der Waals surface area contributed by atoms with E-state index in [0.29, 0.717) is 12.6 Å². The topological polar surface area (TPSA) is 29.3 Å². The molecule has 0 aromatic heterocycles. The van der Waals surface area contributed by atoms with Crippen LogP contribution in [0, 0.1) is 0 Å². The fraction of sp³-hybridized carbons (Fsp3) is 0.571. The van der Waals surface area contributed by atoms with E-state index >= 15 is 0 Å². The third kappa shape index (κ3) is 4.34. The molecule has 17 heavy (non-hydrogen) atoms. The zero-order valence-corrected chi connectivity index (χ0v) is 12.0. The van der Waals surface area contributed by atoms with Crippen molar-refractivity contribution in [2.75, 3.05) is 32.1 Å². The molecule has 0 amide bonds. The van der Waals surface area contributed by atoms with Crippen LogP contribution in [0.25, 0.3) is 0 Å². The number of nitrogens with zero attached hydrogens (tertiary/aromatic N) is 1. The molecule has 0 bridgehead atoms. The molecule has 3 heteroatoms. The molecule has 1 rings (SSSR count). The second-order valence-corrected chi connectivity index (χ2v) is 5.31. The smallest absolute Gasteiger partial charge is 0.0467 e. The van der Waals surface area contributed by atoms with Crippen molar-refractivity contribution in [3.63, 3.8) is 0 Å². The van der Waals surface area contributed by atoms with Gasteiger partial charge in [0.2, 0.25) is 0 Å². The van der Waals surface area contributed by atoms with Crippen molar-refractivity contribution < 1.29 is 0 Å². The monoisotopic (exact) mass is 252 g/mol. The van der Waals surface area contributed by atoms with Crippen LogP contribution in [-0.4, -0.2) is 37.0 Å². The van der Waals surface area contributed by atoms with Crippen LogP contribution in [-0.2, 0) is 6.42 Å². The Kier molecular flexibility index (Phi) is 6.63. The number of hydrogen-bond acceptors (Lipinski definition) is 3. The Balaban J connectivity index is 2.70. The van der Waals surface area contributed by atoms with Crippen LogP contribution in [0.5, 0.6) is 0 Å². The Morgan fingerprint density at radius 2 is 1.94 bits per heavy atom. The summed E-state index contributed by atoms with van der Waals surface area (Å²) in [5.74, 6) is 1.15. The molecule has 0 heterocycles. The van der Waals surface area contributed by atoms with Gasteiger partial charge in [0.05, 0.1) is 0 Å². The highest BCUT2D eigenvalue weighted by molar-refractivity contribution is 7.98. The lowest BCUT2D eigenvalue weighted by Crippen LogP contribution is -2.32. The average Bonchev–Trinajstić information content (AvgIpc) is 2.38. The van der Waals surface area contributed by atoms with Crippen molar-refractivity contribution in [3.8, 4) is 0 Å². The molecule has 0 saturated carbocycles. The van der Waals surface area contributed by atoms with Crippen LogP contribution in [0.15, 0.2) is 24.3 Å². The molecule has 0 aliphatic carbocycles. The van der Waals surface area contributed by atoms with Gasteiger partial charge in [-0.3, -0.25) is 4.90 Å². The van der Waals surface area contributed by atoms with Crippen molar-refractivity contribution in [2.24, 2.45) is 5.73 Å². The summed E-state index contributed by atoms with van der Waals surface area (Å²) >= 11 is 1.88.